The summed E-state index contributed by atoms with van der Waals surface area (Å²) in [5, 5.41) is 0. The smallest absolute Gasteiger partial charge is 0.267 e. The van der Waals surface area contributed by atoms with Crippen molar-refractivity contribution < 1.29 is 9.53 Å². The average molecular weight is 236 g/mol. The van der Waals surface area contributed by atoms with Crippen LogP contribution in [0.15, 0.2) is 18.2 Å². The van der Waals surface area contributed by atoms with Crippen LogP contribution in [-0.4, -0.2) is 24.0 Å². The van der Waals surface area contributed by atoms with Crippen LogP contribution in [0.25, 0.3) is 0 Å². The summed E-state index contributed by atoms with van der Waals surface area (Å²) >= 11 is 4.89. The van der Waals surface area contributed by atoms with Crippen LogP contribution in [0.4, 0.5) is 5.69 Å². The van der Waals surface area contributed by atoms with E-state index in [1.54, 1.807) is 37.1 Å². The molecule has 16 heavy (non-hydrogen) atoms. The molecule has 4 nitrogen and oxygen atoms in total. The minimum Gasteiger partial charge on any atom is -0.479 e. The van der Waals surface area contributed by atoms with Crippen LogP contribution in [0.1, 0.15) is 12.5 Å². The molecule has 0 saturated carbocycles. The van der Waals surface area contributed by atoms with E-state index in [0.717, 1.165) is 5.56 Å². The second kappa shape index (κ2) is 3.75. The van der Waals surface area contributed by atoms with Crippen molar-refractivity contribution >= 4 is 28.8 Å². The van der Waals surface area contributed by atoms with Crippen molar-refractivity contribution in [2.75, 3.05) is 11.9 Å². The third kappa shape index (κ3) is 1.63. The number of carbonyl (C=O) groups excluding carboxylic acids is 1. The van der Waals surface area contributed by atoms with E-state index in [-0.39, 0.29) is 5.91 Å². The number of anilines is 1. The molecule has 1 aromatic carbocycles. The van der Waals surface area contributed by atoms with E-state index in [1.807, 2.05) is 0 Å². The van der Waals surface area contributed by atoms with Gasteiger partial charge in [-0.25, -0.2) is 0 Å². The molecule has 0 saturated heterocycles. The normalized spacial score (nSPS) is 19.0. The number of carbonyl (C=O) groups is 1. The first-order chi connectivity index (χ1) is 7.50. The second-order valence-electron chi connectivity index (χ2n) is 3.70. The zero-order valence-electron chi connectivity index (χ0n) is 9.06. The molecule has 0 spiro atoms. The molecule has 2 rings (SSSR count). The number of fused-ring (bicyclic) bond motifs is 1. The van der Waals surface area contributed by atoms with Gasteiger partial charge < -0.3 is 15.4 Å². The lowest BCUT2D eigenvalue weighted by Gasteiger charge is -2.30. The molecular weight excluding hydrogens is 224 g/mol. The molecule has 2 N–H and O–H groups in total. The van der Waals surface area contributed by atoms with Crippen LogP contribution in [0.3, 0.4) is 0 Å². The van der Waals surface area contributed by atoms with Gasteiger partial charge in [0.05, 0.1) is 5.69 Å². The minimum absolute atomic E-state index is 0.0763. The standard InChI is InChI=1S/C11H12N2O2S/c1-6-11(14)13(2)8-5-7(10(12)16)3-4-9(8)15-6/h3-6H,1-2H3,(H2,12,16). The Bertz CT molecular complexity index is 473. The monoisotopic (exact) mass is 236 g/mol. The van der Waals surface area contributed by atoms with E-state index in [9.17, 15) is 4.79 Å². The van der Waals surface area contributed by atoms with Crippen molar-refractivity contribution in [3.8, 4) is 5.75 Å². The number of rotatable bonds is 1. The highest BCUT2D eigenvalue weighted by atomic mass is 32.1. The van der Waals surface area contributed by atoms with Crippen molar-refractivity contribution in [3.05, 3.63) is 23.8 Å². The first kappa shape index (κ1) is 10.9. The number of amides is 1. The van der Waals surface area contributed by atoms with Gasteiger partial charge in [-0.3, -0.25) is 4.79 Å². The molecule has 1 aromatic rings. The fourth-order valence-electron chi connectivity index (χ4n) is 1.66. The molecule has 1 unspecified atom stereocenters. The highest BCUT2D eigenvalue weighted by molar-refractivity contribution is 7.80. The topological polar surface area (TPSA) is 55.6 Å². The number of hydrogen-bond donors (Lipinski definition) is 1. The number of hydrogen-bond acceptors (Lipinski definition) is 3. The summed E-state index contributed by atoms with van der Waals surface area (Å²) in [6, 6.07) is 5.34. The molecule has 1 aliphatic rings. The molecule has 1 heterocycles. The highest BCUT2D eigenvalue weighted by Gasteiger charge is 2.28. The maximum Gasteiger partial charge on any atom is 0.267 e. The van der Waals surface area contributed by atoms with Crippen molar-refractivity contribution in [2.24, 2.45) is 5.73 Å². The molecule has 0 radical (unpaired) electrons. The molecule has 0 aliphatic carbocycles. The first-order valence-electron chi connectivity index (χ1n) is 4.89. The zero-order chi connectivity index (χ0) is 11.9. The zero-order valence-corrected chi connectivity index (χ0v) is 9.88. The first-order valence-corrected chi connectivity index (χ1v) is 5.29. The predicted octanol–water partition coefficient (Wildman–Crippen LogP) is 1.06. The van der Waals surface area contributed by atoms with Gasteiger partial charge >= 0.3 is 0 Å². The summed E-state index contributed by atoms with van der Waals surface area (Å²) in [5.41, 5.74) is 6.97. The van der Waals surface area contributed by atoms with E-state index in [2.05, 4.69) is 0 Å². The van der Waals surface area contributed by atoms with Crippen molar-refractivity contribution in [3.63, 3.8) is 0 Å². The van der Waals surface area contributed by atoms with Gasteiger partial charge in [0, 0.05) is 12.6 Å². The Kier molecular flexibility index (Phi) is 2.55. The van der Waals surface area contributed by atoms with Gasteiger partial charge in [-0.15, -0.1) is 0 Å². The van der Waals surface area contributed by atoms with Crippen LogP contribution >= 0.6 is 12.2 Å². The molecular formula is C11H12N2O2S. The van der Waals surface area contributed by atoms with Crippen LogP contribution < -0.4 is 15.4 Å². The van der Waals surface area contributed by atoms with Crippen LogP contribution in [-0.2, 0) is 4.79 Å². The van der Waals surface area contributed by atoms with Gasteiger partial charge in [0.25, 0.3) is 5.91 Å². The van der Waals surface area contributed by atoms with Gasteiger partial charge in [-0.05, 0) is 25.1 Å². The molecule has 5 heteroatoms. The third-order valence-electron chi connectivity index (χ3n) is 2.59. The Balaban J connectivity index is 2.50. The quantitative estimate of drug-likeness (QED) is 0.741. The van der Waals surface area contributed by atoms with E-state index < -0.39 is 6.10 Å². The molecule has 0 bridgehead atoms. The summed E-state index contributed by atoms with van der Waals surface area (Å²) in [5.74, 6) is 0.599. The Morgan fingerprint density at radius 2 is 2.25 bits per heavy atom. The fourth-order valence-corrected chi connectivity index (χ4v) is 1.79. The number of likely N-dealkylation sites (N-methyl/N-ethyl adjacent to an activating group) is 1. The third-order valence-corrected chi connectivity index (χ3v) is 2.82. The maximum absolute atomic E-state index is 11.7. The van der Waals surface area contributed by atoms with Gasteiger partial charge in [0.2, 0.25) is 0 Å². The van der Waals surface area contributed by atoms with Gasteiger partial charge in [0.1, 0.15) is 10.7 Å². The maximum atomic E-state index is 11.7. The lowest BCUT2D eigenvalue weighted by Crippen LogP contribution is -2.42. The van der Waals surface area contributed by atoms with Gasteiger partial charge in [0.15, 0.2) is 6.10 Å². The Morgan fingerprint density at radius 1 is 1.56 bits per heavy atom. The molecule has 84 valence electrons. The number of nitrogens with zero attached hydrogens (tertiary/aromatic N) is 1. The Morgan fingerprint density at radius 3 is 2.88 bits per heavy atom. The molecule has 1 amide bonds. The second-order valence-corrected chi connectivity index (χ2v) is 4.14. The predicted molar refractivity (Wildman–Crippen MR) is 65.8 cm³/mol. The van der Waals surface area contributed by atoms with Gasteiger partial charge in [-0.1, -0.05) is 12.2 Å². The SMILES string of the molecule is CC1Oc2ccc(C(N)=S)cc2N(C)C1=O. The van der Waals surface area contributed by atoms with Crippen molar-refractivity contribution in [1.82, 2.24) is 0 Å². The summed E-state index contributed by atoms with van der Waals surface area (Å²) in [4.78, 5) is 13.6. The van der Waals surface area contributed by atoms with E-state index in [1.165, 1.54) is 0 Å². The lowest BCUT2D eigenvalue weighted by atomic mass is 10.1. The van der Waals surface area contributed by atoms with Gasteiger partial charge in [-0.2, -0.15) is 0 Å². The summed E-state index contributed by atoms with van der Waals surface area (Å²) in [6.45, 7) is 1.73. The molecule has 0 fully saturated rings. The number of ether oxygens (including phenoxy) is 1. The van der Waals surface area contributed by atoms with Crippen molar-refractivity contribution in [1.29, 1.82) is 0 Å². The molecule has 0 aromatic heterocycles. The Labute approximate surface area is 99.0 Å². The summed E-state index contributed by atoms with van der Waals surface area (Å²) in [7, 11) is 1.71. The molecule has 1 aliphatic heterocycles. The van der Waals surface area contributed by atoms with E-state index in [4.69, 9.17) is 22.7 Å². The van der Waals surface area contributed by atoms with E-state index >= 15 is 0 Å². The lowest BCUT2D eigenvalue weighted by molar-refractivity contribution is -0.125. The fraction of sp³-hybridized carbons (Fsp3) is 0.273. The highest BCUT2D eigenvalue weighted by Crippen LogP contribution is 2.33. The van der Waals surface area contributed by atoms with Crippen molar-refractivity contribution in [2.45, 2.75) is 13.0 Å². The largest absolute Gasteiger partial charge is 0.479 e. The molecule has 1 atom stereocenters. The summed E-state index contributed by atoms with van der Waals surface area (Å²) in [6.07, 6.45) is -0.451. The van der Waals surface area contributed by atoms with E-state index in [0.29, 0.717) is 16.4 Å². The number of benzene rings is 1. The summed E-state index contributed by atoms with van der Waals surface area (Å²) < 4.78 is 5.47. The Hall–Kier alpha value is -1.62. The minimum atomic E-state index is -0.451. The van der Waals surface area contributed by atoms with Crippen LogP contribution in [0.5, 0.6) is 5.75 Å². The number of nitrogens with two attached hydrogens (primary N) is 1. The number of thiocarbonyl (C=S) groups is 1. The average Bonchev–Trinajstić information content (AvgIpc) is 2.25. The van der Waals surface area contributed by atoms with Crippen LogP contribution in [0, 0.1) is 0 Å². The van der Waals surface area contributed by atoms with Crippen LogP contribution in [0.2, 0.25) is 0 Å².